The largest absolute Gasteiger partial charge is 0.462 e. The fourth-order valence-electron chi connectivity index (χ4n) is 0.241. The number of nitrogens with zero attached hydrogens (tertiary/aromatic N) is 1. The molecule has 1 N–H and O–H groups in total. The number of nitrogens with one attached hydrogen (secondary N) is 1. The van der Waals surface area contributed by atoms with Gasteiger partial charge in [-0.15, -0.1) is 5.11 Å². The molecule has 0 bridgehead atoms. The topological polar surface area (TPSA) is 36.2 Å². The van der Waals surface area contributed by atoms with E-state index in [0.717, 1.165) is 5.11 Å². The Kier molecular flexibility index (Phi) is 2.37. The van der Waals surface area contributed by atoms with Crippen molar-refractivity contribution >= 4 is 0 Å². The van der Waals surface area contributed by atoms with E-state index in [0.29, 0.717) is 0 Å². The van der Waals surface area contributed by atoms with Gasteiger partial charge in [0.1, 0.15) is 0 Å². The Labute approximate surface area is 60.9 Å². The zero-order valence-corrected chi connectivity index (χ0v) is 5.09. The molecule has 0 aromatic carbocycles. The van der Waals surface area contributed by atoms with Crippen LogP contribution in [0, 0.1) is 5.53 Å². The summed E-state index contributed by atoms with van der Waals surface area (Å²) in [5, 5.41) is 0.905. The average Bonchev–Trinajstić information content (AvgIpc) is 1.85. The van der Waals surface area contributed by atoms with Crippen molar-refractivity contribution in [3.63, 3.8) is 0 Å². The van der Waals surface area contributed by atoms with Crippen LogP contribution in [-0.4, -0.2) is 18.1 Å². The van der Waals surface area contributed by atoms with Gasteiger partial charge in [0.15, 0.2) is 0 Å². The molecule has 0 saturated heterocycles. The van der Waals surface area contributed by atoms with Crippen molar-refractivity contribution in [3.05, 3.63) is 0 Å². The molecule has 0 atom stereocenters. The summed E-state index contributed by atoms with van der Waals surface area (Å²) >= 11 is 0. The number of rotatable bonds is 2. The summed E-state index contributed by atoms with van der Waals surface area (Å²) in [6, 6.07) is -5.74. The van der Waals surface area contributed by atoms with Gasteiger partial charge in [0, 0.05) is 0 Å². The number of halogens is 7. The van der Waals surface area contributed by atoms with E-state index in [-0.39, 0.29) is 0 Å². The molecular weight excluding hydrogens is 197 g/mol. The fourth-order valence-corrected chi connectivity index (χ4v) is 0.241. The van der Waals surface area contributed by atoms with Gasteiger partial charge in [-0.1, -0.05) is 0 Å². The minimum absolute atomic E-state index is 0.905. The molecule has 2 nitrogen and oxygen atoms in total. The molecule has 0 fully saturated rings. The average molecular weight is 198 g/mol. The van der Waals surface area contributed by atoms with Crippen LogP contribution >= 0.6 is 0 Å². The van der Waals surface area contributed by atoms with E-state index in [1.54, 1.807) is 0 Å². The van der Waals surface area contributed by atoms with Crippen molar-refractivity contribution in [2.24, 2.45) is 5.11 Å². The fraction of sp³-hybridized carbons (Fsp3) is 1.00. The molecule has 0 aliphatic rings. The van der Waals surface area contributed by atoms with Gasteiger partial charge in [-0.2, -0.15) is 30.7 Å². The van der Waals surface area contributed by atoms with Crippen molar-refractivity contribution in [1.29, 1.82) is 5.53 Å². The van der Waals surface area contributed by atoms with E-state index in [2.05, 4.69) is 0 Å². The first kappa shape index (κ1) is 11.1. The third-order valence-corrected chi connectivity index (χ3v) is 0.874. The van der Waals surface area contributed by atoms with Crippen molar-refractivity contribution in [2.45, 2.75) is 18.1 Å². The van der Waals surface area contributed by atoms with E-state index in [1.165, 1.54) is 0 Å². The van der Waals surface area contributed by atoms with E-state index in [9.17, 15) is 30.7 Å². The van der Waals surface area contributed by atoms with Crippen LogP contribution in [0.3, 0.4) is 0 Å². The Morgan fingerprint density at radius 1 is 0.833 bits per heavy atom. The van der Waals surface area contributed by atoms with E-state index >= 15 is 0 Å². The highest BCUT2D eigenvalue weighted by Crippen LogP contribution is 2.46. The highest BCUT2D eigenvalue weighted by molar-refractivity contribution is 4.87. The van der Waals surface area contributed by atoms with Gasteiger partial charge in [-0.3, -0.25) is 0 Å². The summed E-state index contributed by atoms with van der Waals surface area (Å²) in [6.45, 7) is 0. The Morgan fingerprint density at radius 3 is 1.25 bits per heavy atom. The summed E-state index contributed by atoms with van der Waals surface area (Å²) in [4.78, 5) is 0. The summed E-state index contributed by atoms with van der Waals surface area (Å²) in [5.41, 5.74) is 5.44. The van der Waals surface area contributed by atoms with Crippen molar-refractivity contribution < 1.29 is 30.7 Å². The van der Waals surface area contributed by atoms with Crippen LogP contribution in [0.2, 0.25) is 0 Å². The standard InChI is InChI=1S/C3HF7N2/c4-1(5,2(6,7)8)3(9,10)12-11/h11H. The molecule has 0 aromatic rings. The van der Waals surface area contributed by atoms with Crippen LogP contribution in [0.4, 0.5) is 30.7 Å². The van der Waals surface area contributed by atoms with Crippen LogP contribution in [0.1, 0.15) is 0 Å². The smallest absolute Gasteiger partial charge is 0.204 e. The molecule has 0 saturated carbocycles. The zero-order valence-electron chi connectivity index (χ0n) is 5.09. The predicted octanol–water partition coefficient (Wildman–Crippen LogP) is 2.81. The first-order valence-corrected chi connectivity index (χ1v) is 2.27. The molecule has 0 unspecified atom stereocenters. The van der Waals surface area contributed by atoms with Gasteiger partial charge in [-0.05, 0) is 0 Å². The molecule has 0 heterocycles. The van der Waals surface area contributed by atoms with E-state index < -0.39 is 18.1 Å². The molecule has 0 radical (unpaired) electrons. The monoisotopic (exact) mass is 198 g/mol. The van der Waals surface area contributed by atoms with Gasteiger partial charge in [0.05, 0.1) is 0 Å². The maximum Gasteiger partial charge on any atom is 0.462 e. The summed E-state index contributed by atoms with van der Waals surface area (Å²) in [6.07, 6.45) is -6.42. The second-order valence-corrected chi connectivity index (χ2v) is 1.73. The molecule has 0 spiro atoms. The van der Waals surface area contributed by atoms with Crippen LogP contribution in [0.25, 0.3) is 0 Å². The van der Waals surface area contributed by atoms with Gasteiger partial charge in [0.25, 0.3) is 0 Å². The van der Waals surface area contributed by atoms with Crippen molar-refractivity contribution in [2.75, 3.05) is 0 Å². The second kappa shape index (κ2) is 2.56. The molecule has 0 aliphatic heterocycles. The van der Waals surface area contributed by atoms with Crippen LogP contribution < -0.4 is 0 Å². The van der Waals surface area contributed by atoms with Gasteiger partial charge in [-0.25, -0.2) is 5.53 Å². The number of hydrogen-bond acceptors (Lipinski definition) is 2. The molecule has 72 valence electrons. The summed E-state index contributed by atoms with van der Waals surface area (Å²) in [7, 11) is 0. The predicted molar refractivity (Wildman–Crippen MR) is 21.1 cm³/mol. The van der Waals surface area contributed by atoms with Crippen LogP contribution in [0.5, 0.6) is 0 Å². The minimum Gasteiger partial charge on any atom is -0.204 e. The van der Waals surface area contributed by atoms with Gasteiger partial charge in [0.2, 0.25) is 0 Å². The van der Waals surface area contributed by atoms with Gasteiger partial charge >= 0.3 is 18.1 Å². The quantitative estimate of drug-likeness (QED) is 0.402. The molecule has 0 amide bonds. The highest BCUT2D eigenvalue weighted by atomic mass is 19.4. The zero-order chi connectivity index (χ0) is 10.2. The Bertz CT molecular complexity index is 182. The Morgan fingerprint density at radius 2 is 1.17 bits per heavy atom. The Balaban J connectivity index is 4.97. The summed E-state index contributed by atoms with van der Waals surface area (Å²) in [5.74, 6) is -6.30. The molecule has 0 aromatic heterocycles. The van der Waals surface area contributed by atoms with E-state index in [1.807, 2.05) is 0 Å². The highest BCUT2D eigenvalue weighted by Gasteiger charge is 2.74. The SMILES string of the molecule is N=NC(F)(F)C(F)(F)C(F)(F)F. The summed E-state index contributed by atoms with van der Waals surface area (Å²) < 4.78 is 79.9. The number of alkyl halides is 7. The number of hydrogen-bond donors (Lipinski definition) is 1. The lowest BCUT2D eigenvalue weighted by atomic mass is 10.3. The maximum atomic E-state index is 11.6. The lowest BCUT2D eigenvalue weighted by Crippen LogP contribution is -2.50. The van der Waals surface area contributed by atoms with E-state index in [4.69, 9.17) is 5.53 Å². The first-order chi connectivity index (χ1) is 5.06. The maximum absolute atomic E-state index is 11.6. The lowest BCUT2D eigenvalue weighted by molar-refractivity contribution is -0.354. The first-order valence-electron chi connectivity index (χ1n) is 2.27. The second-order valence-electron chi connectivity index (χ2n) is 1.73. The lowest BCUT2D eigenvalue weighted by Gasteiger charge is -2.23. The van der Waals surface area contributed by atoms with Crippen LogP contribution in [0.15, 0.2) is 5.11 Å². The molecule has 0 rings (SSSR count). The normalized spacial score (nSPS) is 14.6. The van der Waals surface area contributed by atoms with Crippen molar-refractivity contribution in [1.82, 2.24) is 0 Å². The van der Waals surface area contributed by atoms with Gasteiger partial charge < -0.3 is 0 Å². The third-order valence-electron chi connectivity index (χ3n) is 0.874. The molecule has 12 heavy (non-hydrogen) atoms. The van der Waals surface area contributed by atoms with Crippen molar-refractivity contribution in [3.8, 4) is 0 Å². The molecular formula is C3HF7N2. The minimum atomic E-state index is -6.42. The molecule has 0 aliphatic carbocycles. The Hall–Kier alpha value is -0.890. The third kappa shape index (κ3) is 1.48. The van der Waals surface area contributed by atoms with Crippen LogP contribution in [-0.2, 0) is 0 Å². The molecule has 9 heteroatoms.